The molecule has 0 aromatic rings. The van der Waals surface area contributed by atoms with Crippen molar-refractivity contribution in [3.8, 4) is 0 Å². The highest BCUT2D eigenvalue weighted by Gasteiger charge is 2.16. The molecular weight excluding hydrogens is 180 g/mol. The third-order valence-electron chi connectivity index (χ3n) is 2.35. The molecule has 0 saturated heterocycles. The Morgan fingerprint density at radius 3 is 2.29 bits per heavy atom. The zero-order valence-corrected chi connectivity index (χ0v) is 9.08. The molecule has 0 rings (SSSR count). The predicted molar refractivity (Wildman–Crippen MR) is 55.2 cm³/mol. The van der Waals surface area contributed by atoms with Crippen LogP contribution in [-0.4, -0.2) is 16.9 Å². The maximum Gasteiger partial charge on any atom is 0.306 e. The SMILES string of the molecule is CCCCC[C@H](CCC(C)=O)C(=O)O. The first-order valence-electron chi connectivity index (χ1n) is 5.30. The predicted octanol–water partition coefficient (Wildman–Crippen LogP) is 2.64. The van der Waals surface area contributed by atoms with Gasteiger partial charge in [-0.3, -0.25) is 4.79 Å². The monoisotopic (exact) mass is 200 g/mol. The Hall–Kier alpha value is -0.860. The number of carboxylic acids is 1. The summed E-state index contributed by atoms with van der Waals surface area (Å²) in [6.45, 7) is 3.59. The van der Waals surface area contributed by atoms with Crippen LogP contribution in [0.5, 0.6) is 0 Å². The Kier molecular flexibility index (Phi) is 7.07. The summed E-state index contributed by atoms with van der Waals surface area (Å²) in [5.41, 5.74) is 0. The van der Waals surface area contributed by atoms with Crippen molar-refractivity contribution in [2.45, 2.75) is 52.4 Å². The summed E-state index contributed by atoms with van der Waals surface area (Å²) >= 11 is 0. The third kappa shape index (κ3) is 6.63. The summed E-state index contributed by atoms with van der Waals surface area (Å²) in [6, 6.07) is 0. The number of Topliss-reactive ketones (excluding diaryl/α,β-unsaturated/α-hetero) is 1. The second kappa shape index (κ2) is 7.54. The maximum absolute atomic E-state index is 10.8. The normalized spacial score (nSPS) is 12.4. The zero-order valence-electron chi connectivity index (χ0n) is 9.08. The topological polar surface area (TPSA) is 54.4 Å². The Bertz CT molecular complexity index is 187. The lowest BCUT2D eigenvalue weighted by atomic mass is 9.95. The first-order valence-corrected chi connectivity index (χ1v) is 5.30. The van der Waals surface area contributed by atoms with Crippen LogP contribution in [0.15, 0.2) is 0 Å². The summed E-state index contributed by atoms with van der Waals surface area (Å²) in [6.07, 6.45) is 4.71. The van der Waals surface area contributed by atoms with Crippen molar-refractivity contribution < 1.29 is 14.7 Å². The number of carbonyl (C=O) groups is 2. The smallest absolute Gasteiger partial charge is 0.306 e. The minimum Gasteiger partial charge on any atom is -0.481 e. The van der Waals surface area contributed by atoms with Gasteiger partial charge < -0.3 is 9.90 Å². The second-order valence-electron chi connectivity index (χ2n) is 3.77. The standard InChI is InChI=1S/C11H20O3/c1-3-4-5-6-10(11(13)14)8-7-9(2)12/h10H,3-8H2,1-2H3,(H,13,14)/t10-/m1/s1. The van der Waals surface area contributed by atoms with E-state index in [1.54, 1.807) is 0 Å². The van der Waals surface area contributed by atoms with Crippen molar-refractivity contribution in [2.75, 3.05) is 0 Å². The van der Waals surface area contributed by atoms with E-state index in [0.717, 1.165) is 19.3 Å². The molecule has 1 N–H and O–H groups in total. The van der Waals surface area contributed by atoms with Crippen LogP contribution in [0.25, 0.3) is 0 Å². The molecule has 14 heavy (non-hydrogen) atoms. The van der Waals surface area contributed by atoms with Gasteiger partial charge in [-0.25, -0.2) is 0 Å². The van der Waals surface area contributed by atoms with Gasteiger partial charge in [-0.1, -0.05) is 26.2 Å². The minimum atomic E-state index is -0.762. The molecule has 0 aliphatic heterocycles. The van der Waals surface area contributed by atoms with E-state index < -0.39 is 5.97 Å². The fraction of sp³-hybridized carbons (Fsp3) is 0.818. The molecule has 0 aromatic carbocycles. The van der Waals surface area contributed by atoms with Gasteiger partial charge in [0.1, 0.15) is 5.78 Å². The van der Waals surface area contributed by atoms with Gasteiger partial charge in [-0.15, -0.1) is 0 Å². The number of carbonyl (C=O) groups excluding carboxylic acids is 1. The number of hydrogen-bond acceptors (Lipinski definition) is 2. The summed E-state index contributed by atoms with van der Waals surface area (Å²) in [5, 5.41) is 8.87. The highest BCUT2D eigenvalue weighted by Crippen LogP contribution is 2.16. The van der Waals surface area contributed by atoms with E-state index in [9.17, 15) is 9.59 Å². The number of ketones is 1. The Labute approximate surface area is 85.5 Å². The fourth-order valence-electron chi connectivity index (χ4n) is 1.41. The van der Waals surface area contributed by atoms with E-state index in [1.807, 2.05) is 0 Å². The lowest BCUT2D eigenvalue weighted by Gasteiger charge is -2.10. The van der Waals surface area contributed by atoms with Gasteiger partial charge in [-0.05, 0) is 19.8 Å². The summed E-state index contributed by atoms with van der Waals surface area (Å²) in [5.74, 6) is -1.01. The average molecular weight is 200 g/mol. The largest absolute Gasteiger partial charge is 0.481 e. The maximum atomic E-state index is 10.8. The first kappa shape index (κ1) is 13.1. The molecule has 0 amide bonds. The van der Waals surface area contributed by atoms with Crippen LogP contribution in [0.3, 0.4) is 0 Å². The quantitative estimate of drug-likeness (QED) is 0.613. The third-order valence-corrected chi connectivity index (χ3v) is 2.35. The number of hydrogen-bond donors (Lipinski definition) is 1. The van der Waals surface area contributed by atoms with Crippen LogP contribution < -0.4 is 0 Å². The number of carboxylic acid groups (broad SMARTS) is 1. The molecule has 0 radical (unpaired) electrons. The molecule has 1 atom stereocenters. The van der Waals surface area contributed by atoms with Gasteiger partial charge in [0.2, 0.25) is 0 Å². The molecule has 0 aliphatic carbocycles. The number of rotatable bonds is 8. The van der Waals surface area contributed by atoms with Crippen molar-refractivity contribution in [1.82, 2.24) is 0 Å². The minimum absolute atomic E-state index is 0.0757. The van der Waals surface area contributed by atoms with Crippen LogP contribution in [-0.2, 0) is 9.59 Å². The second-order valence-corrected chi connectivity index (χ2v) is 3.77. The van der Waals surface area contributed by atoms with Crippen molar-refractivity contribution in [3.05, 3.63) is 0 Å². The van der Waals surface area contributed by atoms with Crippen LogP contribution >= 0.6 is 0 Å². The molecule has 0 aliphatic rings. The molecule has 82 valence electrons. The lowest BCUT2D eigenvalue weighted by Crippen LogP contribution is -2.14. The van der Waals surface area contributed by atoms with Gasteiger partial charge in [0.05, 0.1) is 5.92 Å². The van der Waals surface area contributed by atoms with E-state index in [1.165, 1.54) is 6.92 Å². The van der Waals surface area contributed by atoms with Crippen LogP contribution in [0.1, 0.15) is 52.4 Å². The van der Waals surface area contributed by atoms with Crippen molar-refractivity contribution >= 4 is 11.8 Å². The van der Waals surface area contributed by atoms with Gasteiger partial charge in [0, 0.05) is 6.42 Å². The first-order chi connectivity index (χ1) is 6.57. The van der Waals surface area contributed by atoms with Gasteiger partial charge in [-0.2, -0.15) is 0 Å². The van der Waals surface area contributed by atoms with Crippen LogP contribution in [0, 0.1) is 5.92 Å². The fourth-order valence-corrected chi connectivity index (χ4v) is 1.41. The van der Waals surface area contributed by atoms with E-state index >= 15 is 0 Å². The molecule has 0 bridgehead atoms. The highest BCUT2D eigenvalue weighted by atomic mass is 16.4. The molecule has 3 heteroatoms. The summed E-state index contributed by atoms with van der Waals surface area (Å²) in [7, 11) is 0. The molecule has 0 fully saturated rings. The molecule has 0 saturated carbocycles. The summed E-state index contributed by atoms with van der Waals surface area (Å²) in [4.78, 5) is 21.5. The Morgan fingerprint density at radius 2 is 1.86 bits per heavy atom. The average Bonchev–Trinajstić information content (AvgIpc) is 2.10. The molecule has 0 aromatic heterocycles. The number of unbranched alkanes of at least 4 members (excludes halogenated alkanes) is 2. The molecule has 0 spiro atoms. The van der Waals surface area contributed by atoms with Gasteiger partial charge in [0.25, 0.3) is 0 Å². The summed E-state index contributed by atoms with van der Waals surface area (Å²) < 4.78 is 0. The Balaban J connectivity index is 3.78. The molecule has 3 nitrogen and oxygen atoms in total. The van der Waals surface area contributed by atoms with E-state index in [2.05, 4.69) is 6.92 Å². The highest BCUT2D eigenvalue weighted by molar-refractivity contribution is 5.76. The zero-order chi connectivity index (χ0) is 11.0. The van der Waals surface area contributed by atoms with Crippen molar-refractivity contribution in [2.24, 2.45) is 5.92 Å². The van der Waals surface area contributed by atoms with Crippen molar-refractivity contribution in [3.63, 3.8) is 0 Å². The molecule has 0 heterocycles. The molecular formula is C11H20O3. The molecule has 0 unspecified atom stereocenters. The number of aliphatic carboxylic acids is 1. The van der Waals surface area contributed by atoms with Gasteiger partial charge in [0.15, 0.2) is 0 Å². The lowest BCUT2D eigenvalue weighted by molar-refractivity contribution is -0.142. The van der Waals surface area contributed by atoms with E-state index in [4.69, 9.17) is 5.11 Å². The van der Waals surface area contributed by atoms with Crippen LogP contribution in [0.4, 0.5) is 0 Å². The van der Waals surface area contributed by atoms with Gasteiger partial charge >= 0.3 is 5.97 Å². The van der Waals surface area contributed by atoms with E-state index in [-0.39, 0.29) is 11.7 Å². The van der Waals surface area contributed by atoms with E-state index in [0.29, 0.717) is 19.3 Å². The van der Waals surface area contributed by atoms with Crippen LogP contribution in [0.2, 0.25) is 0 Å². The van der Waals surface area contributed by atoms with Crippen molar-refractivity contribution in [1.29, 1.82) is 0 Å². The Morgan fingerprint density at radius 1 is 1.21 bits per heavy atom.